The third-order valence-electron chi connectivity index (χ3n) is 4.50. The van der Waals surface area contributed by atoms with Crippen molar-refractivity contribution in [1.29, 1.82) is 0 Å². The Morgan fingerprint density at radius 2 is 1.00 bits per heavy atom. The molecule has 0 aromatic heterocycles. The van der Waals surface area contributed by atoms with Gasteiger partial charge in [-0.3, -0.25) is 4.79 Å². The molecule has 0 saturated carbocycles. The second-order valence-corrected chi connectivity index (χ2v) is 8.58. The number of benzene rings is 2. The summed E-state index contributed by atoms with van der Waals surface area (Å²) in [5.41, 5.74) is 10.3. The van der Waals surface area contributed by atoms with Crippen LogP contribution in [0.15, 0.2) is 48.5 Å². The molecule has 0 radical (unpaired) electrons. The van der Waals surface area contributed by atoms with Gasteiger partial charge in [-0.1, -0.05) is 90.1 Å². The zero-order chi connectivity index (χ0) is 18.1. The Labute approximate surface area is 146 Å². The fourth-order valence-electron chi connectivity index (χ4n) is 2.87. The van der Waals surface area contributed by atoms with Crippen LogP contribution in [0.2, 0.25) is 0 Å². The van der Waals surface area contributed by atoms with Crippen LogP contribution in [0.25, 0.3) is 0 Å². The summed E-state index contributed by atoms with van der Waals surface area (Å²) in [5, 5.41) is 0. The van der Waals surface area contributed by atoms with Crippen molar-refractivity contribution in [2.45, 2.75) is 58.3 Å². The fourth-order valence-corrected chi connectivity index (χ4v) is 2.87. The average molecular weight is 323 g/mol. The molecule has 2 N–H and O–H groups in total. The molecule has 128 valence electrons. The van der Waals surface area contributed by atoms with Crippen LogP contribution in [0.1, 0.15) is 69.7 Å². The van der Waals surface area contributed by atoms with Crippen LogP contribution in [0.5, 0.6) is 0 Å². The molecule has 2 aromatic rings. The van der Waals surface area contributed by atoms with Gasteiger partial charge >= 0.3 is 0 Å². The lowest BCUT2D eigenvalue weighted by Gasteiger charge is -2.22. The lowest BCUT2D eigenvalue weighted by molar-refractivity contribution is -0.118. The van der Waals surface area contributed by atoms with E-state index < -0.39 is 5.92 Å². The second-order valence-electron chi connectivity index (χ2n) is 8.58. The predicted molar refractivity (Wildman–Crippen MR) is 101 cm³/mol. The Kier molecular flexibility index (Phi) is 4.89. The highest BCUT2D eigenvalue weighted by Crippen LogP contribution is 2.30. The van der Waals surface area contributed by atoms with E-state index in [1.165, 1.54) is 11.1 Å². The maximum atomic E-state index is 12.1. The minimum Gasteiger partial charge on any atom is -0.369 e. The van der Waals surface area contributed by atoms with E-state index in [9.17, 15) is 4.79 Å². The van der Waals surface area contributed by atoms with Gasteiger partial charge in [0.2, 0.25) is 5.91 Å². The maximum Gasteiger partial charge on any atom is 0.229 e. The van der Waals surface area contributed by atoms with Gasteiger partial charge in [0, 0.05) is 0 Å². The van der Waals surface area contributed by atoms with Gasteiger partial charge in [-0.2, -0.15) is 0 Å². The van der Waals surface area contributed by atoms with E-state index in [1.54, 1.807) is 0 Å². The van der Waals surface area contributed by atoms with Gasteiger partial charge in [-0.15, -0.1) is 0 Å². The first-order valence-corrected chi connectivity index (χ1v) is 8.50. The monoisotopic (exact) mass is 323 g/mol. The summed E-state index contributed by atoms with van der Waals surface area (Å²) in [6.07, 6.45) is 0. The molecule has 0 heterocycles. The lowest BCUT2D eigenvalue weighted by Crippen LogP contribution is -2.23. The van der Waals surface area contributed by atoms with Crippen molar-refractivity contribution in [3.8, 4) is 0 Å². The summed E-state index contributed by atoms with van der Waals surface area (Å²) in [6.45, 7) is 13.1. The highest BCUT2D eigenvalue weighted by Gasteiger charge is 2.22. The van der Waals surface area contributed by atoms with Crippen LogP contribution >= 0.6 is 0 Å². The number of nitrogens with two attached hydrogens (primary N) is 1. The van der Waals surface area contributed by atoms with E-state index in [1.807, 2.05) is 24.3 Å². The molecule has 1 amide bonds. The van der Waals surface area contributed by atoms with E-state index in [2.05, 4.69) is 65.8 Å². The smallest absolute Gasteiger partial charge is 0.229 e. The summed E-state index contributed by atoms with van der Waals surface area (Å²) in [4.78, 5) is 12.1. The second kappa shape index (κ2) is 6.43. The number of amides is 1. The van der Waals surface area contributed by atoms with Crippen LogP contribution in [0.4, 0.5) is 0 Å². The molecular weight excluding hydrogens is 294 g/mol. The number of hydrogen-bond acceptors (Lipinski definition) is 1. The highest BCUT2D eigenvalue weighted by atomic mass is 16.1. The Balaban J connectivity index is 2.38. The Hall–Kier alpha value is -2.09. The summed E-state index contributed by atoms with van der Waals surface area (Å²) in [6, 6.07) is 16.5. The summed E-state index contributed by atoms with van der Waals surface area (Å²) < 4.78 is 0. The van der Waals surface area contributed by atoms with E-state index in [4.69, 9.17) is 5.73 Å². The van der Waals surface area contributed by atoms with Crippen LogP contribution < -0.4 is 5.73 Å². The van der Waals surface area contributed by atoms with Gasteiger partial charge in [-0.05, 0) is 33.1 Å². The standard InChI is InChI=1S/C22H29NO/c1-21(2,3)17-11-7-15(8-12-17)19(20(23)24)16-9-13-18(14-10-16)22(4,5)6/h7-14,19H,1-6H3,(H2,23,24). The van der Waals surface area contributed by atoms with Gasteiger partial charge in [0.05, 0.1) is 5.92 Å². The van der Waals surface area contributed by atoms with Crippen LogP contribution in [-0.4, -0.2) is 5.91 Å². The van der Waals surface area contributed by atoms with Crippen molar-refractivity contribution in [2.24, 2.45) is 5.73 Å². The largest absolute Gasteiger partial charge is 0.369 e. The van der Waals surface area contributed by atoms with E-state index in [0.29, 0.717) is 0 Å². The molecule has 0 aliphatic rings. The summed E-state index contributed by atoms with van der Waals surface area (Å²) in [5.74, 6) is -0.727. The number of carbonyl (C=O) groups is 1. The van der Waals surface area contributed by atoms with Crippen LogP contribution in [-0.2, 0) is 15.6 Å². The first kappa shape index (κ1) is 18.3. The summed E-state index contributed by atoms with van der Waals surface area (Å²) >= 11 is 0. The highest BCUT2D eigenvalue weighted by molar-refractivity contribution is 5.85. The molecule has 2 rings (SSSR count). The van der Waals surface area contributed by atoms with E-state index >= 15 is 0 Å². The molecule has 0 atom stereocenters. The SMILES string of the molecule is CC(C)(C)c1ccc(C(C(N)=O)c2ccc(C(C)(C)C)cc2)cc1. The lowest BCUT2D eigenvalue weighted by atomic mass is 9.82. The number of carbonyl (C=O) groups excluding carboxylic acids is 1. The molecule has 2 heteroatoms. The molecular formula is C22H29NO. The van der Waals surface area contributed by atoms with Gasteiger partial charge in [0.15, 0.2) is 0 Å². The molecule has 0 bridgehead atoms. The van der Waals surface area contributed by atoms with Gasteiger partial charge in [0.1, 0.15) is 0 Å². The summed E-state index contributed by atoms with van der Waals surface area (Å²) in [7, 11) is 0. The van der Waals surface area contributed by atoms with Gasteiger partial charge < -0.3 is 5.73 Å². The molecule has 0 aliphatic heterocycles. The minimum absolute atomic E-state index is 0.0924. The molecule has 0 aliphatic carbocycles. The average Bonchev–Trinajstić information content (AvgIpc) is 2.46. The Morgan fingerprint density at radius 1 is 0.708 bits per heavy atom. The third-order valence-corrected chi connectivity index (χ3v) is 4.50. The maximum absolute atomic E-state index is 12.1. The molecule has 0 fully saturated rings. The van der Waals surface area contributed by atoms with Gasteiger partial charge in [-0.25, -0.2) is 0 Å². The molecule has 2 nitrogen and oxygen atoms in total. The Morgan fingerprint density at radius 3 is 1.21 bits per heavy atom. The molecule has 24 heavy (non-hydrogen) atoms. The topological polar surface area (TPSA) is 43.1 Å². The van der Waals surface area contributed by atoms with Crippen LogP contribution in [0.3, 0.4) is 0 Å². The zero-order valence-corrected chi connectivity index (χ0v) is 15.7. The van der Waals surface area contributed by atoms with Crippen molar-refractivity contribution in [1.82, 2.24) is 0 Å². The number of primary amides is 1. The fraction of sp³-hybridized carbons (Fsp3) is 0.409. The molecule has 0 spiro atoms. The van der Waals surface area contributed by atoms with E-state index in [0.717, 1.165) is 11.1 Å². The normalized spacial score (nSPS) is 12.5. The first-order valence-electron chi connectivity index (χ1n) is 8.50. The third kappa shape index (κ3) is 4.05. The molecule has 2 aromatic carbocycles. The predicted octanol–water partition coefficient (Wildman–Crippen LogP) is 4.90. The minimum atomic E-state index is -0.409. The Bertz CT molecular complexity index is 640. The van der Waals surface area contributed by atoms with Gasteiger partial charge in [0.25, 0.3) is 0 Å². The van der Waals surface area contributed by atoms with Crippen LogP contribution in [0, 0.1) is 0 Å². The van der Waals surface area contributed by atoms with Crippen molar-refractivity contribution in [3.63, 3.8) is 0 Å². The van der Waals surface area contributed by atoms with E-state index in [-0.39, 0.29) is 16.7 Å². The molecule has 0 unspecified atom stereocenters. The van der Waals surface area contributed by atoms with Crippen molar-refractivity contribution in [3.05, 3.63) is 70.8 Å². The first-order chi connectivity index (χ1) is 11.0. The van der Waals surface area contributed by atoms with Crippen molar-refractivity contribution < 1.29 is 4.79 Å². The van der Waals surface area contributed by atoms with Crippen molar-refractivity contribution >= 4 is 5.91 Å². The van der Waals surface area contributed by atoms with Crippen molar-refractivity contribution in [2.75, 3.05) is 0 Å². The zero-order valence-electron chi connectivity index (χ0n) is 15.7. The quantitative estimate of drug-likeness (QED) is 0.858. The molecule has 0 saturated heterocycles. The number of rotatable bonds is 3. The number of hydrogen-bond donors (Lipinski definition) is 1.